The van der Waals surface area contributed by atoms with Gasteiger partial charge in [-0.1, -0.05) is 18.2 Å². The van der Waals surface area contributed by atoms with Gasteiger partial charge in [-0.15, -0.1) is 0 Å². The molecule has 1 aliphatic heterocycles. The minimum atomic E-state index is -5.33. The van der Waals surface area contributed by atoms with Gasteiger partial charge >= 0.3 is 6.18 Å². The van der Waals surface area contributed by atoms with E-state index in [1.165, 1.54) is 31.3 Å². The maximum Gasteiger partial charge on any atom is 0.424 e. The van der Waals surface area contributed by atoms with E-state index in [2.05, 4.69) is 15.3 Å². The first kappa shape index (κ1) is 27.0. The number of para-hydroxylation sites is 1. The lowest BCUT2D eigenvalue weighted by Gasteiger charge is -2.31. The number of nitrogens with zero attached hydrogens (tertiary/aromatic N) is 2. The van der Waals surface area contributed by atoms with Crippen LogP contribution in [0.25, 0.3) is 22.2 Å². The van der Waals surface area contributed by atoms with Gasteiger partial charge in [0.1, 0.15) is 29.3 Å². The number of alkyl halides is 3. The van der Waals surface area contributed by atoms with E-state index >= 15 is 0 Å². The van der Waals surface area contributed by atoms with Crippen LogP contribution in [-0.4, -0.2) is 46.2 Å². The summed E-state index contributed by atoms with van der Waals surface area (Å²) in [4.78, 5) is 33.4. The second kappa shape index (κ2) is 9.56. The Labute approximate surface area is 224 Å². The highest BCUT2D eigenvalue weighted by atomic mass is 19.4. The van der Waals surface area contributed by atoms with Gasteiger partial charge in [0.05, 0.1) is 23.3 Å². The zero-order valence-electron chi connectivity index (χ0n) is 20.9. The van der Waals surface area contributed by atoms with Gasteiger partial charge in [0.2, 0.25) is 11.5 Å². The number of aromatic nitrogens is 2. The molecule has 1 aliphatic rings. The molecular weight excluding hydrogens is 532 g/mol. The molecular formula is C28H22F4N4O4. The quantitative estimate of drug-likeness (QED) is 0.312. The highest BCUT2D eigenvalue weighted by Crippen LogP contribution is 2.47. The molecule has 4 N–H and O–H groups in total. The van der Waals surface area contributed by atoms with Crippen molar-refractivity contribution in [2.24, 2.45) is 5.73 Å². The summed E-state index contributed by atoms with van der Waals surface area (Å²) < 4.78 is 62.8. The summed E-state index contributed by atoms with van der Waals surface area (Å²) in [7, 11) is 0. The minimum absolute atomic E-state index is 0.0209. The van der Waals surface area contributed by atoms with E-state index < -0.39 is 47.1 Å². The molecule has 1 unspecified atom stereocenters. The predicted molar refractivity (Wildman–Crippen MR) is 136 cm³/mol. The smallest absolute Gasteiger partial charge is 0.424 e. The number of carbonyl (C=O) groups excluding carboxylic acids is 2. The van der Waals surface area contributed by atoms with Crippen molar-refractivity contribution in [2.45, 2.75) is 24.1 Å². The lowest BCUT2D eigenvalue weighted by molar-refractivity contribution is -0.265. The van der Waals surface area contributed by atoms with Crippen LogP contribution >= 0.6 is 0 Å². The number of rotatable bonds is 6. The van der Waals surface area contributed by atoms with Gasteiger partial charge in [0, 0.05) is 22.7 Å². The molecule has 4 aromatic rings. The molecule has 0 spiro atoms. The molecule has 40 heavy (non-hydrogen) atoms. The molecule has 2 aromatic carbocycles. The Morgan fingerprint density at radius 3 is 2.50 bits per heavy atom. The van der Waals surface area contributed by atoms with E-state index in [4.69, 9.17) is 10.5 Å². The normalized spacial score (nSPS) is 18.1. The first-order valence-corrected chi connectivity index (χ1v) is 12.0. The largest absolute Gasteiger partial charge is 0.489 e. The number of nitrogens with two attached hydrogens (primary N) is 1. The van der Waals surface area contributed by atoms with Crippen LogP contribution in [0, 0.1) is 5.82 Å². The molecule has 2 atom stereocenters. The number of nitrogens with one attached hydrogen (secondary N) is 1. The summed E-state index contributed by atoms with van der Waals surface area (Å²) in [6, 6.07) is 13.9. The van der Waals surface area contributed by atoms with E-state index in [1.807, 2.05) is 0 Å². The van der Waals surface area contributed by atoms with Gasteiger partial charge in [0.15, 0.2) is 0 Å². The second-order valence-corrected chi connectivity index (χ2v) is 9.68. The predicted octanol–water partition coefficient (Wildman–Crippen LogP) is 3.75. The number of hydrogen-bond acceptors (Lipinski definition) is 6. The van der Waals surface area contributed by atoms with Crippen LogP contribution in [0.4, 0.5) is 17.6 Å². The summed E-state index contributed by atoms with van der Waals surface area (Å²) in [5, 5.41) is 13.8. The maximum atomic E-state index is 14.5. The zero-order chi connectivity index (χ0) is 28.9. The summed E-state index contributed by atoms with van der Waals surface area (Å²) in [5.41, 5.74) is -0.0460. The number of amides is 2. The number of halogens is 4. The molecule has 206 valence electrons. The number of hydrogen-bond donors (Lipinski definition) is 3. The molecule has 0 fully saturated rings. The number of pyridine rings is 2. The fourth-order valence-corrected chi connectivity index (χ4v) is 4.44. The van der Waals surface area contributed by atoms with Gasteiger partial charge in [-0.05, 0) is 49.4 Å². The third-order valence-electron chi connectivity index (χ3n) is 6.98. The number of aliphatic hydroxyl groups is 1. The van der Waals surface area contributed by atoms with E-state index in [0.29, 0.717) is 10.9 Å². The molecule has 3 heterocycles. The fraction of sp³-hybridized carbons (Fsp3) is 0.214. The Balaban J connectivity index is 1.58. The standard InChI is InChI=1S/C28H22F4N4O4/c1-26(25(33)38)14-40-23-19(26)11-21(36-22(23)15-6-8-18(29)9-7-15)27(39,28(30,31)32)13-35-24(37)17-10-16-4-2-3-5-20(16)34-12-17/h2-12,39H,13-14H2,1H3,(H2,33,38)(H,35,37)/t26-,27?/m0/s1. The van der Waals surface area contributed by atoms with Crippen LogP contribution in [0.5, 0.6) is 5.75 Å². The zero-order valence-corrected chi connectivity index (χ0v) is 20.9. The average Bonchev–Trinajstić information content (AvgIpc) is 3.28. The van der Waals surface area contributed by atoms with Crippen LogP contribution in [-0.2, 0) is 15.8 Å². The number of carbonyl (C=O) groups is 2. The van der Waals surface area contributed by atoms with Crippen LogP contribution in [0.15, 0.2) is 66.9 Å². The number of ether oxygens (including phenoxy) is 1. The monoisotopic (exact) mass is 554 g/mol. The topological polar surface area (TPSA) is 127 Å². The van der Waals surface area contributed by atoms with Crippen LogP contribution in [0.2, 0.25) is 0 Å². The molecule has 8 nitrogen and oxygen atoms in total. The van der Waals surface area contributed by atoms with E-state index in [0.717, 1.165) is 18.2 Å². The highest BCUT2D eigenvalue weighted by molar-refractivity contribution is 5.97. The van der Waals surface area contributed by atoms with Crippen molar-refractivity contribution < 1.29 is 37.0 Å². The van der Waals surface area contributed by atoms with Crippen LogP contribution < -0.4 is 15.8 Å². The molecule has 0 radical (unpaired) electrons. The van der Waals surface area contributed by atoms with Crippen molar-refractivity contribution in [2.75, 3.05) is 13.2 Å². The van der Waals surface area contributed by atoms with Crippen molar-refractivity contribution in [3.63, 3.8) is 0 Å². The van der Waals surface area contributed by atoms with Crippen molar-refractivity contribution in [1.29, 1.82) is 0 Å². The molecule has 5 rings (SSSR count). The van der Waals surface area contributed by atoms with Crippen LogP contribution in [0.1, 0.15) is 28.5 Å². The molecule has 0 saturated heterocycles. The minimum Gasteiger partial charge on any atom is -0.489 e. The number of primary amides is 1. The second-order valence-electron chi connectivity index (χ2n) is 9.68. The number of benzene rings is 2. The Hall–Kier alpha value is -4.58. The third-order valence-corrected chi connectivity index (χ3v) is 6.98. The average molecular weight is 555 g/mol. The van der Waals surface area contributed by atoms with Crippen molar-refractivity contribution in [1.82, 2.24) is 15.3 Å². The molecule has 0 bridgehead atoms. The Bertz CT molecular complexity index is 1640. The first-order valence-electron chi connectivity index (χ1n) is 12.0. The molecule has 0 aliphatic carbocycles. The van der Waals surface area contributed by atoms with Gasteiger partial charge in [-0.25, -0.2) is 9.37 Å². The Kier molecular flexibility index (Phi) is 6.45. The van der Waals surface area contributed by atoms with Gasteiger partial charge in [-0.3, -0.25) is 14.6 Å². The van der Waals surface area contributed by atoms with E-state index in [1.54, 1.807) is 24.3 Å². The molecule has 0 saturated carbocycles. The molecule has 2 amide bonds. The van der Waals surface area contributed by atoms with Gasteiger partial charge < -0.3 is 20.9 Å². The molecule has 2 aromatic heterocycles. The maximum absolute atomic E-state index is 14.5. The van der Waals surface area contributed by atoms with Gasteiger partial charge in [-0.2, -0.15) is 13.2 Å². The third kappa shape index (κ3) is 4.49. The number of fused-ring (bicyclic) bond motifs is 2. The lowest BCUT2D eigenvalue weighted by Crippen LogP contribution is -2.51. The summed E-state index contributed by atoms with van der Waals surface area (Å²) >= 11 is 0. The van der Waals surface area contributed by atoms with E-state index in [9.17, 15) is 32.3 Å². The summed E-state index contributed by atoms with van der Waals surface area (Å²) in [5.74, 6) is -2.41. The summed E-state index contributed by atoms with van der Waals surface area (Å²) in [6.07, 6.45) is -4.12. The van der Waals surface area contributed by atoms with Crippen LogP contribution in [0.3, 0.4) is 0 Å². The highest BCUT2D eigenvalue weighted by Gasteiger charge is 2.57. The van der Waals surface area contributed by atoms with E-state index in [-0.39, 0.29) is 34.7 Å². The van der Waals surface area contributed by atoms with Crippen molar-refractivity contribution >= 4 is 22.7 Å². The lowest BCUT2D eigenvalue weighted by atomic mass is 9.81. The first-order chi connectivity index (χ1) is 18.8. The Morgan fingerprint density at radius 2 is 1.82 bits per heavy atom. The van der Waals surface area contributed by atoms with Crippen molar-refractivity contribution in [3.05, 3.63) is 89.5 Å². The van der Waals surface area contributed by atoms with Crippen molar-refractivity contribution in [3.8, 4) is 17.0 Å². The Morgan fingerprint density at radius 1 is 1.12 bits per heavy atom. The SMILES string of the molecule is C[C@]1(C(N)=O)COc2c1cc(C(O)(CNC(=O)c1cnc3ccccc3c1)C(F)(F)F)nc2-c1ccc(F)cc1. The molecule has 12 heteroatoms. The fourth-order valence-electron chi connectivity index (χ4n) is 4.44. The summed E-state index contributed by atoms with van der Waals surface area (Å²) in [6.45, 7) is -0.210. The van der Waals surface area contributed by atoms with Gasteiger partial charge in [0.25, 0.3) is 5.91 Å².